The number of para-hydroxylation sites is 2. The fraction of sp³-hybridized carbons (Fsp3) is 0.200. The standard InChI is InChI=1S/C25H24BrNO6S/c26-17-11-12-21(28)20(15-17)24(33-25(30)27-18-7-3-1-4-8-18)22(13-14-31-23(29)16-34)32-19-9-5-2-6-10-19/h1-12,15,22,24,28,34H,13-14,16H2,(H,27,30)/t22-,24-/m1/s1. The molecule has 0 aliphatic carbocycles. The van der Waals surface area contributed by atoms with Crippen LogP contribution in [0.4, 0.5) is 10.5 Å². The van der Waals surface area contributed by atoms with Crippen LogP contribution in [-0.4, -0.2) is 35.6 Å². The lowest BCUT2D eigenvalue weighted by molar-refractivity contribution is -0.141. The van der Waals surface area contributed by atoms with Crippen LogP contribution in [0.3, 0.4) is 0 Å². The number of phenolic OH excluding ortho intramolecular Hbond substituents is 1. The summed E-state index contributed by atoms with van der Waals surface area (Å²) in [7, 11) is 0. The predicted molar refractivity (Wildman–Crippen MR) is 135 cm³/mol. The van der Waals surface area contributed by atoms with Crippen molar-refractivity contribution in [2.75, 3.05) is 17.7 Å². The SMILES string of the molecule is O=C(CS)OCC[C@@H](Oc1ccccc1)[C@H](OC(=O)Nc1ccccc1)c1cc(Br)ccc1O. The van der Waals surface area contributed by atoms with Crippen molar-refractivity contribution >= 4 is 46.3 Å². The molecule has 0 unspecified atom stereocenters. The summed E-state index contributed by atoms with van der Waals surface area (Å²) < 4.78 is 17.8. The number of ether oxygens (including phenoxy) is 3. The number of aromatic hydroxyl groups is 1. The average Bonchev–Trinajstić information content (AvgIpc) is 2.84. The zero-order valence-corrected chi connectivity index (χ0v) is 20.6. The number of rotatable bonds is 10. The third kappa shape index (κ3) is 7.71. The van der Waals surface area contributed by atoms with Crippen molar-refractivity contribution in [2.45, 2.75) is 18.6 Å². The molecule has 178 valence electrons. The Balaban J connectivity index is 1.91. The van der Waals surface area contributed by atoms with Crippen LogP contribution in [0.2, 0.25) is 0 Å². The Kier molecular flexibility index (Phi) is 9.66. The first-order valence-electron chi connectivity index (χ1n) is 10.5. The molecular weight excluding hydrogens is 522 g/mol. The van der Waals surface area contributed by atoms with E-state index in [9.17, 15) is 14.7 Å². The molecule has 2 N–H and O–H groups in total. The Morgan fingerprint density at radius 1 is 1.00 bits per heavy atom. The van der Waals surface area contributed by atoms with Gasteiger partial charge in [0.25, 0.3) is 0 Å². The van der Waals surface area contributed by atoms with Crippen molar-refractivity contribution in [3.8, 4) is 11.5 Å². The van der Waals surface area contributed by atoms with Crippen LogP contribution in [0.5, 0.6) is 11.5 Å². The Hall–Kier alpha value is -3.17. The number of hydrogen-bond donors (Lipinski definition) is 3. The number of anilines is 1. The van der Waals surface area contributed by atoms with Gasteiger partial charge in [-0.3, -0.25) is 10.1 Å². The van der Waals surface area contributed by atoms with Gasteiger partial charge in [0, 0.05) is 22.1 Å². The van der Waals surface area contributed by atoms with Gasteiger partial charge >= 0.3 is 12.1 Å². The molecule has 0 aromatic heterocycles. The first kappa shape index (κ1) is 25.5. The normalized spacial score (nSPS) is 12.3. The number of thiol groups is 1. The van der Waals surface area contributed by atoms with Crippen molar-refractivity contribution in [3.63, 3.8) is 0 Å². The molecule has 3 rings (SSSR count). The Morgan fingerprint density at radius 2 is 1.68 bits per heavy atom. The van der Waals surface area contributed by atoms with Gasteiger partial charge in [0.2, 0.25) is 0 Å². The topological polar surface area (TPSA) is 94.1 Å². The number of carbonyl (C=O) groups is 2. The van der Waals surface area contributed by atoms with E-state index >= 15 is 0 Å². The lowest BCUT2D eigenvalue weighted by Crippen LogP contribution is -2.32. The first-order chi connectivity index (χ1) is 16.5. The zero-order valence-electron chi connectivity index (χ0n) is 18.1. The summed E-state index contributed by atoms with van der Waals surface area (Å²) in [4.78, 5) is 24.4. The third-order valence-corrected chi connectivity index (χ3v) is 5.46. The van der Waals surface area contributed by atoms with E-state index in [2.05, 4.69) is 33.9 Å². The first-order valence-corrected chi connectivity index (χ1v) is 11.9. The van der Waals surface area contributed by atoms with Gasteiger partial charge in [-0.2, -0.15) is 12.6 Å². The van der Waals surface area contributed by atoms with Crippen LogP contribution in [0, 0.1) is 0 Å². The number of nitrogens with one attached hydrogen (secondary N) is 1. The van der Waals surface area contributed by atoms with Crippen molar-refractivity contribution < 1.29 is 28.9 Å². The van der Waals surface area contributed by atoms with Gasteiger partial charge in [0.15, 0.2) is 6.10 Å². The van der Waals surface area contributed by atoms with Crippen LogP contribution in [0.15, 0.2) is 83.3 Å². The second kappa shape index (κ2) is 12.9. The molecular formula is C25H24BrNO6S. The molecule has 1 amide bonds. The second-order valence-corrected chi connectivity index (χ2v) is 8.39. The minimum atomic E-state index is -1.03. The number of esters is 1. The summed E-state index contributed by atoms with van der Waals surface area (Å²) in [6, 6.07) is 22.6. The number of benzene rings is 3. The maximum absolute atomic E-state index is 12.8. The third-order valence-electron chi connectivity index (χ3n) is 4.71. The molecule has 0 spiro atoms. The van der Waals surface area contributed by atoms with Gasteiger partial charge in [0.05, 0.1) is 12.4 Å². The highest BCUT2D eigenvalue weighted by atomic mass is 79.9. The number of phenols is 1. The average molecular weight is 546 g/mol. The number of amides is 1. The fourth-order valence-electron chi connectivity index (χ4n) is 3.16. The number of carbonyl (C=O) groups excluding carboxylic acids is 2. The summed E-state index contributed by atoms with van der Waals surface area (Å²) in [6.45, 7) is 0.00578. The molecule has 9 heteroatoms. The molecule has 0 saturated heterocycles. The smallest absolute Gasteiger partial charge is 0.412 e. The molecule has 0 aliphatic rings. The maximum Gasteiger partial charge on any atom is 0.412 e. The van der Waals surface area contributed by atoms with Crippen LogP contribution < -0.4 is 10.1 Å². The van der Waals surface area contributed by atoms with Gasteiger partial charge < -0.3 is 19.3 Å². The van der Waals surface area contributed by atoms with Gasteiger partial charge in [-0.1, -0.05) is 52.3 Å². The van der Waals surface area contributed by atoms with E-state index in [1.54, 1.807) is 48.5 Å². The molecule has 0 bridgehead atoms. The van der Waals surface area contributed by atoms with Crippen LogP contribution in [-0.2, 0) is 14.3 Å². The van der Waals surface area contributed by atoms with Crippen LogP contribution in [0.25, 0.3) is 0 Å². The van der Waals surface area contributed by atoms with Gasteiger partial charge in [-0.15, -0.1) is 0 Å². The summed E-state index contributed by atoms with van der Waals surface area (Å²) in [6.07, 6.45) is -2.37. The lowest BCUT2D eigenvalue weighted by atomic mass is 10.0. The van der Waals surface area contributed by atoms with Crippen LogP contribution >= 0.6 is 28.6 Å². The molecule has 0 heterocycles. The minimum Gasteiger partial charge on any atom is -0.508 e. The molecule has 34 heavy (non-hydrogen) atoms. The lowest BCUT2D eigenvalue weighted by Gasteiger charge is -2.29. The van der Waals surface area contributed by atoms with Gasteiger partial charge in [0.1, 0.15) is 17.6 Å². The van der Waals surface area contributed by atoms with Crippen molar-refractivity contribution in [2.24, 2.45) is 0 Å². The Labute approximate surface area is 211 Å². The second-order valence-electron chi connectivity index (χ2n) is 7.16. The zero-order chi connectivity index (χ0) is 24.3. The molecule has 7 nitrogen and oxygen atoms in total. The van der Waals surface area contributed by atoms with Crippen molar-refractivity contribution in [1.29, 1.82) is 0 Å². The van der Waals surface area contributed by atoms with E-state index in [4.69, 9.17) is 14.2 Å². The highest BCUT2D eigenvalue weighted by Crippen LogP contribution is 2.35. The summed E-state index contributed by atoms with van der Waals surface area (Å²) in [5.74, 6) is -0.0866. The van der Waals surface area contributed by atoms with Crippen LogP contribution in [0.1, 0.15) is 18.1 Å². The highest BCUT2D eigenvalue weighted by molar-refractivity contribution is 9.10. The Morgan fingerprint density at radius 3 is 2.35 bits per heavy atom. The summed E-state index contributed by atoms with van der Waals surface area (Å²) in [5.41, 5.74) is 0.881. The molecule has 0 fully saturated rings. The molecule has 3 aromatic carbocycles. The van der Waals surface area contributed by atoms with E-state index < -0.39 is 24.3 Å². The number of hydrogen-bond acceptors (Lipinski definition) is 7. The fourth-order valence-corrected chi connectivity index (χ4v) is 3.63. The predicted octanol–water partition coefficient (Wildman–Crippen LogP) is 5.76. The quantitative estimate of drug-likeness (QED) is 0.221. The largest absolute Gasteiger partial charge is 0.508 e. The monoisotopic (exact) mass is 545 g/mol. The Bertz CT molecular complexity index is 1080. The molecule has 0 saturated carbocycles. The molecule has 2 atom stereocenters. The molecule has 0 aliphatic heterocycles. The van der Waals surface area contributed by atoms with Gasteiger partial charge in [-0.25, -0.2) is 4.79 Å². The van der Waals surface area contributed by atoms with E-state index in [-0.39, 0.29) is 24.5 Å². The van der Waals surface area contributed by atoms with E-state index in [1.165, 1.54) is 6.07 Å². The molecule has 0 radical (unpaired) electrons. The number of halogens is 1. The maximum atomic E-state index is 12.8. The van der Waals surface area contributed by atoms with Gasteiger partial charge in [-0.05, 0) is 42.5 Å². The van der Waals surface area contributed by atoms with Crippen molar-refractivity contribution in [3.05, 3.63) is 88.9 Å². The summed E-state index contributed by atoms with van der Waals surface area (Å²) >= 11 is 7.31. The van der Waals surface area contributed by atoms with Crippen molar-refractivity contribution in [1.82, 2.24) is 0 Å². The molecule has 3 aromatic rings. The minimum absolute atomic E-state index is 0.00578. The highest BCUT2D eigenvalue weighted by Gasteiger charge is 2.32. The van der Waals surface area contributed by atoms with E-state index in [0.717, 1.165) is 0 Å². The van der Waals surface area contributed by atoms with E-state index in [1.807, 2.05) is 24.3 Å². The van der Waals surface area contributed by atoms with E-state index in [0.29, 0.717) is 21.5 Å². The summed E-state index contributed by atoms with van der Waals surface area (Å²) in [5, 5.41) is 13.3.